The van der Waals surface area contributed by atoms with E-state index in [0.29, 0.717) is 54.5 Å². The van der Waals surface area contributed by atoms with Gasteiger partial charge in [0, 0.05) is 43.4 Å². The Balaban J connectivity index is 1.61. The number of alkyl halides is 2. The van der Waals surface area contributed by atoms with Crippen molar-refractivity contribution in [1.29, 1.82) is 0 Å². The van der Waals surface area contributed by atoms with Crippen molar-refractivity contribution in [2.75, 3.05) is 43.1 Å². The van der Waals surface area contributed by atoms with Crippen molar-refractivity contribution in [3.05, 3.63) is 60.4 Å². The van der Waals surface area contributed by atoms with Gasteiger partial charge in [-0.3, -0.25) is 9.36 Å². The number of ether oxygens (including phenoxy) is 1. The van der Waals surface area contributed by atoms with Gasteiger partial charge in [0.25, 0.3) is 6.43 Å². The highest BCUT2D eigenvalue weighted by Gasteiger charge is 2.24. The maximum atomic E-state index is 14.0. The quantitative estimate of drug-likeness (QED) is 0.405. The average molecular weight is 494 g/mol. The van der Waals surface area contributed by atoms with E-state index in [9.17, 15) is 13.6 Å². The van der Waals surface area contributed by atoms with Crippen molar-refractivity contribution in [2.45, 2.75) is 12.8 Å². The number of amides is 1. The number of hydrogen-bond donors (Lipinski definition) is 2. The van der Waals surface area contributed by atoms with Crippen molar-refractivity contribution < 1.29 is 18.3 Å². The van der Waals surface area contributed by atoms with Crippen LogP contribution in [0, 0.1) is 0 Å². The minimum absolute atomic E-state index is 0.110. The van der Waals surface area contributed by atoms with E-state index >= 15 is 0 Å². The van der Waals surface area contributed by atoms with Crippen molar-refractivity contribution in [2.24, 2.45) is 5.73 Å². The molecule has 9 nitrogen and oxygen atoms in total. The van der Waals surface area contributed by atoms with E-state index in [4.69, 9.17) is 10.5 Å². The van der Waals surface area contributed by atoms with E-state index in [-0.39, 0.29) is 24.8 Å². The number of aromatic nitrogens is 4. The summed E-state index contributed by atoms with van der Waals surface area (Å²) in [4.78, 5) is 27.4. The molecule has 5 rings (SSSR count). The van der Waals surface area contributed by atoms with Crippen LogP contribution in [0.5, 0.6) is 0 Å². The van der Waals surface area contributed by atoms with Crippen LogP contribution in [-0.2, 0) is 9.53 Å². The summed E-state index contributed by atoms with van der Waals surface area (Å²) in [5.74, 6) is 0.130. The Labute approximate surface area is 205 Å². The number of morpholine rings is 1. The standard InChI is InChI=1S/C25H25F2N7O2/c26-23(27)24-30-18-3-1-2-4-20(18)34(24)25-31-19(15-21(32-25)33-11-13-36-14-12-33)16-5-7-17(8-6-16)29-22(35)9-10-28/h1-8,15,23H,9-14,28H2,(H,29,35). The summed E-state index contributed by atoms with van der Waals surface area (Å²) in [5, 5.41) is 2.79. The van der Waals surface area contributed by atoms with Crippen LogP contribution in [0.4, 0.5) is 20.3 Å². The van der Waals surface area contributed by atoms with Gasteiger partial charge in [0.15, 0.2) is 5.82 Å². The second-order valence-corrected chi connectivity index (χ2v) is 8.27. The van der Waals surface area contributed by atoms with Crippen LogP contribution < -0.4 is 16.0 Å². The third-order valence-corrected chi connectivity index (χ3v) is 5.85. The van der Waals surface area contributed by atoms with Crippen molar-refractivity contribution >= 4 is 28.4 Å². The highest BCUT2D eigenvalue weighted by atomic mass is 19.3. The van der Waals surface area contributed by atoms with E-state index in [1.165, 1.54) is 4.57 Å². The van der Waals surface area contributed by atoms with Gasteiger partial charge in [-0.05, 0) is 24.3 Å². The monoisotopic (exact) mass is 493 g/mol. The first-order valence-electron chi connectivity index (χ1n) is 11.6. The second-order valence-electron chi connectivity index (χ2n) is 8.27. The van der Waals surface area contributed by atoms with E-state index in [2.05, 4.69) is 20.3 Å². The van der Waals surface area contributed by atoms with Crippen molar-refractivity contribution in [3.8, 4) is 17.2 Å². The van der Waals surface area contributed by atoms with Crippen LogP contribution in [0.1, 0.15) is 18.7 Å². The molecule has 0 unspecified atom stereocenters. The summed E-state index contributed by atoms with van der Waals surface area (Å²) < 4.78 is 34.8. The predicted octanol–water partition coefficient (Wildman–Crippen LogP) is 3.54. The number of carbonyl (C=O) groups is 1. The molecule has 0 atom stereocenters. The van der Waals surface area contributed by atoms with Crippen LogP contribution in [-0.4, -0.2) is 58.3 Å². The zero-order chi connectivity index (χ0) is 25.1. The summed E-state index contributed by atoms with van der Waals surface area (Å²) >= 11 is 0. The number of benzene rings is 2. The molecule has 2 aromatic heterocycles. The molecule has 11 heteroatoms. The van der Waals surface area contributed by atoms with E-state index in [1.807, 2.05) is 23.1 Å². The maximum Gasteiger partial charge on any atom is 0.296 e. The number of anilines is 2. The lowest BCUT2D eigenvalue weighted by Crippen LogP contribution is -2.37. The highest BCUT2D eigenvalue weighted by molar-refractivity contribution is 5.91. The third-order valence-electron chi connectivity index (χ3n) is 5.85. The van der Waals surface area contributed by atoms with Gasteiger partial charge in [0.2, 0.25) is 11.9 Å². The SMILES string of the molecule is NCCC(=O)Nc1ccc(-c2cc(N3CCOCC3)nc(-n3c(C(F)F)nc4ccccc43)n2)cc1. The third kappa shape index (κ3) is 4.88. The number of carbonyl (C=O) groups excluding carboxylic acids is 1. The van der Waals surface area contributed by atoms with Gasteiger partial charge in [-0.2, -0.15) is 4.98 Å². The lowest BCUT2D eigenvalue weighted by atomic mass is 10.1. The zero-order valence-electron chi connectivity index (χ0n) is 19.4. The lowest BCUT2D eigenvalue weighted by Gasteiger charge is -2.28. The van der Waals surface area contributed by atoms with Crippen LogP contribution in [0.25, 0.3) is 28.2 Å². The molecule has 0 spiro atoms. The summed E-state index contributed by atoms with van der Waals surface area (Å²) in [5.41, 5.74) is 8.29. The number of imidazole rings is 1. The summed E-state index contributed by atoms with van der Waals surface area (Å²) in [6.07, 6.45) is -2.58. The van der Waals surface area contributed by atoms with Crippen LogP contribution in [0.2, 0.25) is 0 Å². The fourth-order valence-corrected chi connectivity index (χ4v) is 4.10. The average Bonchev–Trinajstić information content (AvgIpc) is 3.30. The Morgan fingerprint density at radius 2 is 1.81 bits per heavy atom. The first-order valence-corrected chi connectivity index (χ1v) is 11.6. The molecule has 0 saturated carbocycles. The number of nitrogens with two attached hydrogens (primary N) is 1. The fourth-order valence-electron chi connectivity index (χ4n) is 4.10. The van der Waals surface area contributed by atoms with Crippen LogP contribution in [0.3, 0.4) is 0 Å². The largest absolute Gasteiger partial charge is 0.378 e. The van der Waals surface area contributed by atoms with Crippen LogP contribution >= 0.6 is 0 Å². The Kier molecular flexibility index (Phi) is 6.83. The molecule has 1 aliphatic heterocycles. The molecule has 1 amide bonds. The number of fused-ring (bicyclic) bond motifs is 1. The molecule has 1 fully saturated rings. The fraction of sp³-hybridized carbons (Fsp3) is 0.280. The molecule has 1 saturated heterocycles. The molecule has 186 valence electrons. The van der Waals surface area contributed by atoms with E-state index in [0.717, 1.165) is 5.56 Å². The van der Waals surface area contributed by atoms with E-state index < -0.39 is 12.2 Å². The minimum atomic E-state index is -2.81. The molecule has 1 aliphatic rings. The summed E-state index contributed by atoms with van der Waals surface area (Å²) in [6.45, 7) is 2.59. The molecule has 0 bridgehead atoms. The molecular weight excluding hydrogens is 468 g/mol. The molecule has 3 heterocycles. The number of nitrogens with one attached hydrogen (secondary N) is 1. The van der Waals surface area contributed by atoms with Gasteiger partial charge < -0.3 is 20.7 Å². The van der Waals surface area contributed by atoms with E-state index in [1.54, 1.807) is 36.4 Å². The second kappa shape index (κ2) is 10.3. The number of nitrogens with zero attached hydrogens (tertiary/aromatic N) is 5. The predicted molar refractivity (Wildman–Crippen MR) is 132 cm³/mol. The Hall–Kier alpha value is -3.96. The molecular formula is C25H25F2N7O2. The minimum Gasteiger partial charge on any atom is -0.378 e. The maximum absolute atomic E-state index is 14.0. The van der Waals surface area contributed by atoms with Gasteiger partial charge in [-0.15, -0.1) is 0 Å². The normalized spacial score (nSPS) is 13.9. The van der Waals surface area contributed by atoms with Crippen molar-refractivity contribution in [1.82, 2.24) is 19.5 Å². The topological polar surface area (TPSA) is 111 Å². The van der Waals surface area contributed by atoms with Gasteiger partial charge in [-0.1, -0.05) is 24.3 Å². The Morgan fingerprint density at radius 1 is 1.06 bits per heavy atom. The number of rotatable bonds is 7. The van der Waals surface area contributed by atoms with Crippen LogP contribution in [0.15, 0.2) is 54.6 Å². The molecule has 3 N–H and O–H groups in total. The molecule has 0 aliphatic carbocycles. The highest BCUT2D eigenvalue weighted by Crippen LogP contribution is 2.30. The molecule has 0 radical (unpaired) electrons. The summed E-state index contributed by atoms with van der Waals surface area (Å²) in [6, 6.07) is 15.9. The lowest BCUT2D eigenvalue weighted by molar-refractivity contribution is -0.116. The first-order chi connectivity index (χ1) is 17.5. The van der Waals surface area contributed by atoms with Crippen molar-refractivity contribution in [3.63, 3.8) is 0 Å². The van der Waals surface area contributed by atoms with Gasteiger partial charge in [-0.25, -0.2) is 18.7 Å². The Morgan fingerprint density at radius 3 is 2.53 bits per heavy atom. The number of halogens is 2. The van der Waals surface area contributed by atoms with Gasteiger partial charge in [0.1, 0.15) is 5.82 Å². The zero-order valence-corrected chi connectivity index (χ0v) is 19.4. The Bertz CT molecular complexity index is 1370. The molecule has 2 aromatic carbocycles. The summed E-state index contributed by atoms with van der Waals surface area (Å²) in [7, 11) is 0. The molecule has 36 heavy (non-hydrogen) atoms. The molecule has 4 aromatic rings. The number of hydrogen-bond acceptors (Lipinski definition) is 7. The number of para-hydroxylation sites is 2. The van der Waals surface area contributed by atoms with Gasteiger partial charge in [0.05, 0.1) is 29.9 Å². The van der Waals surface area contributed by atoms with Gasteiger partial charge >= 0.3 is 0 Å². The smallest absolute Gasteiger partial charge is 0.296 e. The first kappa shape index (κ1) is 23.8.